The normalized spacial score (nSPS) is 16.7. The predicted octanol–water partition coefficient (Wildman–Crippen LogP) is 2.34. The van der Waals surface area contributed by atoms with Crippen molar-refractivity contribution in [1.82, 2.24) is 19.2 Å². The van der Waals surface area contributed by atoms with Gasteiger partial charge in [-0.2, -0.15) is 0 Å². The van der Waals surface area contributed by atoms with E-state index in [1.54, 1.807) is 11.5 Å². The maximum atomic E-state index is 4.36. The van der Waals surface area contributed by atoms with E-state index in [2.05, 4.69) is 42.3 Å². The van der Waals surface area contributed by atoms with Crippen LogP contribution in [0.1, 0.15) is 4.88 Å². The smallest absolute Gasteiger partial charge is 0.139 e. The molecule has 0 aliphatic carbocycles. The summed E-state index contributed by atoms with van der Waals surface area (Å²) in [6.45, 7) is 5.32. The summed E-state index contributed by atoms with van der Waals surface area (Å²) in [7, 11) is 0. The van der Waals surface area contributed by atoms with Crippen LogP contribution in [0.3, 0.4) is 0 Å². The lowest BCUT2D eigenvalue weighted by Crippen LogP contribution is -2.45. The van der Waals surface area contributed by atoms with Gasteiger partial charge in [0.05, 0.1) is 0 Å². The second-order valence-corrected chi connectivity index (χ2v) is 6.23. The number of aromatic nitrogens is 3. The van der Waals surface area contributed by atoms with Crippen LogP contribution in [-0.2, 0) is 6.54 Å². The Morgan fingerprint density at radius 2 is 2.00 bits per heavy atom. The van der Waals surface area contributed by atoms with Crippen LogP contribution in [0.15, 0.2) is 36.8 Å². The average Bonchev–Trinajstić information content (AvgIpc) is 3.18. The highest BCUT2D eigenvalue weighted by atomic mass is 32.1. The minimum absolute atomic E-state index is 0.972. The molecule has 5 nitrogen and oxygen atoms in total. The van der Waals surface area contributed by atoms with E-state index >= 15 is 0 Å². The fourth-order valence-electron chi connectivity index (χ4n) is 2.91. The highest BCUT2D eigenvalue weighted by Gasteiger charge is 2.19. The van der Waals surface area contributed by atoms with E-state index in [4.69, 9.17) is 0 Å². The second-order valence-electron chi connectivity index (χ2n) is 5.31. The zero-order valence-electron chi connectivity index (χ0n) is 11.7. The summed E-state index contributed by atoms with van der Waals surface area (Å²) in [5.74, 6) is 0. The van der Waals surface area contributed by atoms with Gasteiger partial charge < -0.3 is 9.88 Å². The van der Waals surface area contributed by atoms with Gasteiger partial charge in [0, 0.05) is 67.3 Å². The van der Waals surface area contributed by atoms with Gasteiger partial charge in [0.2, 0.25) is 0 Å². The molecule has 0 unspecified atom stereocenters. The molecule has 1 N–H and O–H groups in total. The SMILES string of the molecule is c1cc(CN2CCN(c3ccnc4[nH]ccc34)CC2)sn1. The number of fused-ring (bicyclic) bond motifs is 1. The van der Waals surface area contributed by atoms with Crippen molar-refractivity contribution >= 4 is 28.3 Å². The van der Waals surface area contributed by atoms with Crippen LogP contribution < -0.4 is 4.90 Å². The number of pyridine rings is 1. The molecule has 0 atom stereocenters. The molecule has 6 heteroatoms. The van der Waals surface area contributed by atoms with Gasteiger partial charge in [0.25, 0.3) is 0 Å². The molecule has 3 aromatic heterocycles. The van der Waals surface area contributed by atoms with E-state index in [9.17, 15) is 0 Å². The molecule has 1 aliphatic rings. The zero-order chi connectivity index (χ0) is 14.1. The number of hydrogen-bond acceptors (Lipinski definition) is 5. The Morgan fingerprint density at radius 1 is 1.10 bits per heavy atom. The van der Waals surface area contributed by atoms with Crippen LogP contribution in [0.2, 0.25) is 0 Å². The first-order chi connectivity index (χ1) is 10.4. The molecule has 4 rings (SSSR count). The van der Waals surface area contributed by atoms with Gasteiger partial charge in [-0.15, -0.1) is 0 Å². The molecule has 1 aliphatic heterocycles. The van der Waals surface area contributed by atoms with Crippen molar-refractivity contribution in [2.45, 2.75) is 6.54 Å². The van der Waals surface area contributed by atoms with Crippen LogP contribution in [0.4, 0.5) is 5.69 Å². The van der Waals surface area contributed by atoms with Crippen molar-refractivity contribution in [2.75, 3.05) is 31.1 Å². The van der Waals surface area contributed by atoms with Crippen molar-refractivity contribution in [2.24, 2.45) is 0 Å². The molecule has 1 saturated heterocycles. The maximum Gasteiger partial charge on any atom is 0.139 e. The molecule has 0 amide bonds. The lowest BCUT2D eigenvalue weighted by molar-refractivity contribution is 0.252. The van der Waals surface area contributed by atoms with Gasteiger partial charge in [-0.05, 0) is 29.7 Å². The third-order valence-electron chi connectivity index (χ3n) is 4.02. The van der Waals surface area contributed by atoms with E-state index < -0.39 is 0 Å². The van der Waals surface area contributed by atoms with E-state index in [0.717, 1.165) is 38.4 Å². The summed E-state index contributed by atoms with van der Waals surface area (Å²) in [5.41, 5.74) is 2.26. The molecule has 0 aromatic carbocycles. The van der Waals surface area contributed by atoms with Crippen molar-refractivity contribution < 1.29 is 0 Å². The summed E-state index contributed by atoms with van der Waals surface area (Å²) >= 11 is 1.60. The molecule has 0 bridgehead atoms. The van der Waals surface area contributed by atoms with Gasteiger partial charge in [-0.3, -0.25) is 4.90 Å². The maximum absolute atomic E-state index is 4.36. The van der Waals surface area contributed by atoms with Crippen molar-refractivity contribution in [3.63, 3.8) is 0 Å². The van der Waals surface area contributed by atoms with Gasteiger partial charge in [0.1, 0.15) is 5.65 Å². The van der Waals surface area contributed by atoms with Crippen LogP contribution in [0.25, 0.3) is 11.0 Å². The van der Waals surface area contributed by atoms with E-state index in [1.807, 2.05) is 18.6 Å². The minimum atomic E-state index is 0.972. The summed E-state index contributed by atoms with van der Waals surface area (Å²) in [4.78, 5) is 13.9. The lowest BCUT2D eigenvalue weighted by atomic mass is 10.2. The second kappa shape index (κ2) is 5.46. The summed E-state index contributed by atoms with van der Waals surface area (Å²) < 4.78 is 4.17. The highest BCUT2D eigenvalue weighted by Crippen LogP contribution is 2.25. The molecule has 108 valence electrons. The Kier molecular flexibility index (Phi) is 3.33. The summed E-state index contributed by atoms with van der Waals surface area (Å²) in [6.07, 6.45) is 5.73. The number of piperazine rings is 1. The Balaban J connectivity index is 1.46. The third-order valence-corrected chi connectivity index (χ3v) is 4.75. The van der Waals surface area contributed by atoms with E-state index in [0.29, 0.717) is 0 Å². The number of nitrogens with zero attached hydrogens (tertiary/aromatic N) is 4. The molecule has 4 heterocycles. The fourth-order valence-corrected chi connectivity index (χ4v) is 3.53. The fraction of sp³-hybridized carbons (Fsp3) is 0.333. The van der Waals surface area contributed by atoms with Crippen LogP contribution in [0, 0.1) is 0 Å². The first-order valence-corrected chi connectivity index (χ1v) is 7.96. The number of rotatable bonds is 3. The standard InChI is InChI=1S/C15H17N5S/c1-6-18-21-12(1)11-19-7-9-20(10-8-19)14-3-5-17-15-13(14)2-4-16-15/h1-6H,7-11H2,(H,16,17). The highest BCUT2D eigenvalue weighted by molar-refractivity contribution is 7.05. The first kappa shape index (κ1) is 12.8. The number of hydrogen-bond donors (Lipinski definition) is 1. The topological polar surface area (TPSA) is 48.0 Å². The lowest BCUT2D eigenvalue weighted by Gasteiger charge is -2.36. The molecule has 0 radical (unpaired) electrons. The Hall–Kier alpha value is -1.92. The molecular formula is C15H17N5S. The van der Waals surface area contributed by atoms with Crippen LogP contribution in [-0.4, -0.2) is 45.4 Å². The number of nitrogens with one attached hydrogen (secondary N) is 1. The predicted molar refractivity (Wildman–Crippen MR) is 85.7 cm³/mol. The summed E-state index contributed by atoms with van der Waals surface area (Å²) in [6, 6.07) is 6.35. The molecule has 0 spiro atoms. The average molecular weight is 299 g/mol. The van der Waals surface area contributed by atoms with Crippen molar-refractivity contribution in [3.05, 3.63) is 41.7 Å². The number of aromatic amines is 1. The van der Waals surface area contributed by atoms with Gasteiger partial charge in [-0.1, -0.05) is 0 Å². The molecule has 21 heavy (non-hydrogen) atoms. The van der Waals surface area contributed by atoms with Gasteiger partial charge >= 0.3 is 0 Å². The van der Waals surface area contributed by atoms with Gasteiger partial charge in [0.15, 0.2) is 0 Å². The Labute approximate surface area is 127 Å². The quantitative estimate of drug-likeness (QED) is 0.806. The summed E-state index contributed by atoms with van der Waals surface area (Å²) in [5, 5.41) is 1.22. The Bertz CT molecular complexity index is 713. The first-order valence-electron chi connectivity index (χ1n) is 7.19. The Morgan fingerprint density at radius 3 is 2.81 bits per heavy atom. The molecule has 1 fully saturated rings. The largest absolute Gasteiger partial charge is 0.368 e. The zero-order valence-corrected chi connectivity index (χ0v) is 12.5. The molecular weight excluding hydrogens is 282 g/mol. The monoisotopic (exact) mass is 299 g/mol. The molecule has 3 aromatic rings. The number of anilines is 1. The minimum Gasteiger partial charge on any atom is -0.368 e. The van der Waals surface area contributed by atoms with E-state index in [-0.39, 0.29) is 0 Å². The van der Waals surface area contributed by atoms with Gasteiger partial charge in [-0.25, -0.2) is 9.36 Å². The molecule has 0 saturated carbocycles. The van der Waals surface area contributed by atoms with Crippen molar-refractivity contribution in [1.29, 1.82) is 0 Å². The van der Waals surface area contributed by atoms with Crippen molar-refractivity contribution in [3.8, 4) is 0 Å². The number of H-pyrrole nitrogens is 1. The van der Waals surface area contributed by atoms with E-state index in [1.165, 1.54) is 16.0 Å². The van der Waals surface area contributed by atoms with Crippen LogP contribution in [0.5, 0.6) is 0 Å². The van der Waals surface area contributed by atoms with Crippen LogP contribution >= 0.6 is 11.5 Å². The third kappa shape index (κ3) is 2.52.